The lowest BCUT2D eigenvalue weighted by Crippen LogP contribution is -2.30. The summed E-state index contributed by atoms with van der Waals surface area (Å²) in [5.74, 6) is -0.983. The number of amides is 2. The maximum absolute atomic E-state index is 12.4. The van der Waals surface area contributed by atoms with Gasteiger partial charge in [0.05, 0.1) is 31.1 Å². The molecule has 2 unspecified atom stereocenters. The number of benzene rings is 1. The van der Waals surface area contributed by atoms with Gasteiger partial charge in [-0.25, -0.2) is 4.79 Å². The van der Waals surface area contributed by atoms with Gasteiger partial charge in [0.2, 0.25) is 11.8 Å². The first-order valence-corrected chi connectivity index (χ1v) is 7.29. The number of carbonyl (C=O) groups excluding carboxylic acids is 3. The minimum atomic E-state index is -0.406. The zero-order valence-corrected chi connectivity index (χ0v) is 12.3. The van der Waals surface area contributed by atoms with E-state index in [0.29, 0.717) is 18.4 Å². The smallest absolute Gasteiger partial charge is 0.337 e. The van der Waals surface area contributed by atoms with E-state index in [1.807, 2.05) is 12.2 Å². The van der Waals surface area contributed by atoms with Gasteiger partial charge in [-0.15, -0.1) is 0 Å². The fourth-order valence-corrected chi connectivity index (χ4v) is 3.07. The van der Waals surface area contributed by atoms with Gasteiger partial charge in [0.1, 0.15) is 0 Å². The molecule has 1 aromatic rings. The van der Waals surface area contributed by atoms with Crippen molar-refractivity contribution in [2.45, 2.75) is 19.4 Å². The van der Waals surface area contributed by atoms with Gasteiger partial charge < -0.3 is 4.74 Å². The van der Waals surface area contributed by atoms with Crippen LogP contribution in [0.4, 0.5) is 0 Å². The Morgan fingerprint density at radius 1 is 1.09 bits per heavy atom. The lowest BCUT2D eigenvalue weighted by Gasteiger charge is -2.14. The molecular weight excluding hydrogens is 282 g/mol. The molecular formula is C17H17NO4. The van der Waals surface area contributed by atoms with Crippen LogP contribution >= 0.6 is 0 Å². The number of nitrogens with zero attached hydrogens (tertiary/aromatic N) is 1. The van der Waals surface area contributed by atoms with E-state index >= 15 is 0 Å². The summed E-state index contributed by atoms with van der Waals surface area (Å²) in [6.45, 7) is 0.256. The first kappa shape index (κ1) is 14.5. The molecule has 1 aliphatic carbocycles. The maximum Gasteiger partial charge on any atom is 0.337 e. The molecule has 1 heterocycles. The van der Waals surface area contributed by atoms with Crippen molar-refractivity contribution >= 4 is 17.8 Å². The van der Waals surface area contributed by atoms with Crippen molar-refractivity contribution in [3.63, 3.8) is 0 Å². The second-order valence-electron chi connectivity index (χ2n) is 5.61. The maximum atomic E-state index is 12.4. The summed E-state index contributed by atoms with van der Waals surface area (Å²) >= 11 is 0. The van der Waals surface area contributed by atoms with E-state index in [9.17, 15) is 14.4 Å². The Balaban J connectivity index is 1.74. The van der Waals surface area contributed by atoms with E-state index in [1.165, 1.54) is 12.0 Å². The second kappa shape index (κ2) is 5.75. The summed E-state index contributed by atoms with van der Waals surface area (Å²) in [6.07, 6.45) is 5.24. The Labute approximate surface area is 128 Å². The van der Waals surface area contributed by atoms with E-state index < -0.39 is 5.97 Å². The fraction of sp³-hybridized carbons (Fsp3) is 0.353. The molecule has 2 amide bonds. The molecule has 1 aromatic carbocycles. The van der Waals surface area contributed by atoms with E-state index in [4.69, 9.17) is 0 Å². The van der Waals surface area contributed by atoms with Crippen LogP contribution in [-0.2, 0) is 20.9 Å². The van der Waals surface area contributed by atoms with Gasteiger partial charge in [0, 0.05) is 0 Å². The number of imide groups is 1. The number of allylic oxidation sites excluding steroid dienone is 2. The number of rotatable bonds is 3. The normalized spacial score (nSPS) is 23.6. The molecule has 0 bridgehead atoms. The molecule has 1 fully saturated rings. The van der Waals surface area contributed by atoms with Crippen LogP contribution in [-0.4, -0.2) is 29.8 Å². The number of carbonyl (C=O) groups is 3. The Morgan fingerprint density at radius 3 is 2.14 bits per heavy atom. The highest BCUT2D eigenvalue weighted by atomic mass is 16.5. The number of ether oxygens (including phenoxy) is 1. The summed E-state index contributed by atoms with van der Waals surface area (Å²) in [6, 6.07) is 6.77. The Hall–Kier alpha value is -2.43. The number of methoxy groups -OCH3 is 1. The lowest BCUT2D eigenvalue weighted by molar-refractivity contribution is -0.140. The van der Waals surface area contributed by atoms with Crippen molar-refractivity contribution < 1.29 is 19.1 Å². The molecule has 3 rings (SSSR count). The molecule has 1 saturated heterocycles. The third-order valence-electron chi connectivity index (χ3n) is 4.31. The quantitative estimate of drug-likeness (QED) is 0.486. The standard InChI is InChI=1S/C17H17NO4/c1-22-17(21)12-8-6-11(7-9-12)10-18-15(19)13-4-2-3-5-14(13)16(18)20/h2-3,6-9,13-14H,4-5,10H2,1H3. The minimum Gasteiger partial charge on any atom is -0.465 e. The monoisotopic (exact) mass is 299 g/mol. The average molecular weight is 299 g/mol. The molecule has 2 aliphatic rings. The second-order valence-corrected chi connectivity index (χ2v) is 5.61. The molecule has 114 valence electrons. The van der Waals surface area contributed by atoms with Crippen LogP contribution in [0.25, 0.3) is 0 Å². The van der Waals surface area contributed by atoms with Crippen LogP contribution in [0, 0.1) is 11.8 Å². The van der Waals surface area contributed by atoms with Crippen LogP contribution in [0.2, 0.25) is 0 Å². The predicted octanol–water partition coefficient (Wildman–Crippen LogP) is 1.92. The van der Waals surface area contributed by atoms with Crippen molar-refractivity contribution in [3.8, 4) is 0 Å². The predicted molar refractivity (Wildman–Crippen MR) is 78.7 cm³/mol. The van der Waals surface area contributed by atoms with Crippen molar-refractivity contribution in [1.82, 2.24) is 4.90 Å². The molecule has 5 nitrogen and oxygen atoms in total. The lowest BCUT2D eigenvalue weighted by atomic mass is 9.85. The van der Waals surface area contributed by atoms with Crippen molar-refractivity contribution in [2.24, 2.45) is 11.8 Å². The van der Waals surface area contributed by atoms with E-state index in [0.717, 1.165) is 5.56 Å². The Morgan fingerprint density at radius 2 is 1.64 bits per heavy atom. The highest BCUT2D eigenvalue weighted by Crippen LogP contribution is 2.35. The average Bonchev–Trinajstić information content (AvgIpc) is 2.80. The van der Waals surface area contributed by atoms with Crippen LogP contribution in [0.5, 0.6) is 0 Å². The number of hydrogen-bond donors (Lipinski definition) is 0. The summed E-state index contributed by atoms with van der Waals surface area (Å²) in [7, 11) is 1.33. The van der Waals surface area contributed by atoms with Crippen molar-refractivity contribution in [2.75, 3.05) is 7.11 Å². The van der Waals surface area contributed by atoms with Crippen LogP contribution in [0.15, 0.2) is 36.4 Å². The molecule has 22 heavy (non-hydrogen) atoms. The summed E-state index contributed by atoms with van der Waals surface area (Å²) in [5.41, 5.74) is 1.27. The Kier molecular flexibility index (Phi) is 3.79. The van der Waals surface area contributed by atoms with E-state index in [1.54, 1.807) is 24.3 Å². The van der Waals surface area contributed by atoms with Crippen molar-refractivity contribution in [1.29, 1.82) is 0 Å². The van der Waals surface area contributed by atoms with Crippen molar-refractivity contribution in [3.05, 3.63) is 47.5 Å². The largest absolute Gasteiger partial charge is 0.465 e. The van der Waals surface area contributed by atoms with Gasteiger partial charge in [-0.3, -0.25) is 14.5 Å². The third kappa shape index (κ3) is 2.43. The molecule has 0 N–H and O–H groups in total. The molecule has 2 atom stereocenters. The van der Waals surface area contributed by atoms with Crippen LogP contribution < -0.4 is 0 Å². The van der Waals surface area contributed by atoms with E-state index in [-0.39, 0.29) is 30.2 Å². The minimum absolute atomic E-state index is 0.0867. The Bertz CT molecular complexity index is 621. The number of fused-ring (bicyclic) bond motifs is 1. The fourth-order valence-electron chi connectivity index (χ4n) is 3.07. The molecule has 0 radical (unpaired) electrons. The SMILES string of the molecule is COC(=O)c1ccc(CN2C(=O)C3CC=CCC3C2=O)cc1. The van der Waals surface area contributed by atoms with Gasteiger partial charge in [0.25, 0.3) is 0 Å². The van der Waals surface area contributed by atoms with Crippen LogP contribution in [0.3, 0.4) is 0 Å². The van der Waals surface area contributed by atoms with Gasteiger partial charge >= 0.3 is 5.97 Å². The zero-order chi connectivity index (χ0) is 15.7. The van der Waals surface area contributed by atoms with Gasteiger partial charge in [-0.2, -0.15) is 0 Å². The van der Waals surface area contributed by atoms with E-state index in [2.05, 4.69) is 4.74 Å². The molecule has 0 aromatic heterocycles. The molecule has 5 heteroatoms. The molecule has 0 saturated carbocycles. The first-order valence-electron chi connectivity index (χ1n) is 7.29. The molecule has 1 aliphatic heterocycles. The first-order chi connectivity index (χ1) is 10.6. The third-order valence-corrected chi connectivity index (χ3v) is 4.31. The highest BCUT2D eigenvalue weighted by Gasteiger charge is 2.46. The van der Waals surface area contributed by atoms with Gasteiger partial charge in [-0.05, 0) is 30.5 Å². The summed E-state index contributed by atoms with van der Waals surface area (Å²) in [4.78, 5) is 37.5. The summed E-state index contributed by atoms with van der Waals surface area (Å²) in [5, 5.41) is 0. The number of hydrogen-bond acceptors (Lipinski definition) is 4. The van der Waals surface area contributed by atoms with Crippen LogP contribution in [0.1, 0.15) is 28.8 Å². The topological polar surface area (TPSA) is 63.7 Å². The van der Waals surface area contributed by atoms with Gasteiger partial charge in [0.15, 0.2) is 0 Å². The van der Waals surface area contributed by atoms with Gasteiger partial charge in [-0.1, -0.05) is 24.3 Å². The molecule has 0 spiro atoms. The number of likely N-dealkylation sites (tertiary alicyclic amines) is 1. The number of esters is 1. The highest BCUT2D eigenvalue weighted by molar-refractivity contribution is 6.05. The summed E-state index contributed by atoms with van der Waals surface area (Å²) < 4.78 is 4.64. The zero-order valence-electron chi connectivity index (χ0n) is 12.3.